The maximum Gasteiger partial charge on any atom is 0.324 e. The zero-order valence-electron chi connectivity index (χ0n) is 18.2. The summed E-state index contributed by atoms with van der Waals surface area (Å²) in [6.45, 7) is 0.915. The molecule has 2 aliphatic heterocycles. The number of pyridine rings is 1. The number of likely N-dealkylation sites (tertiary alicyclic amines) is 1. The zero-order valence-corrected chi connectivity index (χ0v) is 18.2. The molecule has 1 N–H and O–H groups in total. The molecule has 2 atom stereocenters. The Morgan fingerprint density at radius 2 is 2.00 bits per heavy atom. The second-order valence-corrected chi connectivity index (χ2v) is 8.18. The number of methoxy groups -OCH3 is 1. The molecule has 2 aliphatic rings. The van der Waals surface area contributed by atoms with E-state index in [0.29, 0.717) is 13.0 Å². The molecule has 4 amide bonds. The Balaban J connectivity index is 1.37. The van der Waals surface area contributed by atoms with E-state index >= 15 is 0 Å². The highest BCUT2D eigenvalue weighted by Crippen LogP contribution is 2.31. The fraction of sp³-hybridized carbons (Fsp3) is 0.417. The molecule has 0 bridgehead atoms. The van der Waals surface area contributed by atoms with Gasteiger partial charge in [0.05, 0.1) is 19.6 Å². The molecule has 0 unspecified atom stereocenters. The molecule has 8 heteroatoms. The standard InChI is InChI=1S/C24H28N4O4/c1-32-19-9-7-17(8-10-19)11-14-28-23(30)20(26-24(28)31)15-22(29)27-13-3-2-6-21(27)18-5-4-12-25-16-18/h4-5,7-10,12,16,20-21H,2-3,6,11,13-15H2,1H3,(H,26,31)/t20-,21+/m1/s1. The number of imide groups is 1. The number of carbonyl (C=O) groups is 3. The van der Waals surface area contributed by atoms with Crippen molar-refractivity contribution in [1.29, 1.82) is 0 Å². The van der Waals surface area contributed by atoms with Crippen LogP contribution in [0.3, 0.4) is 0 Å². The number of hydrogen-bond donors (Lipinski definition) is 1. The molecule has 32 heavy (non-hydrogen) atoms. The van der Waals surface area contributed by atoms with Gasteiger partial charge in [0.2, 0.25) is 5.91 Å². The molecule has 1 aromatic carbocycles. The third-order valence-electron chi connectivity index (χ3n) is 6.16. The van der Waals surface area contributed by atoms with Crippen LogP contribution in [-0.2, 0) is 16.0 Å². The van der Waals surface area contributed by atoms with E-state index in [2.05, 4.69) is 10.3 Å². The van der Waals surface area contributed by atoms with Crippen molar-refractivity contribution in [3.05, 3.63) is 59.9 Å². The molecule has 2 saturated heterocycles. The molecular formula is C24H28N4O4. The fourth-order valence-corrected chi connectivity index (χ4v) is 4.40. The molecular weight excluding hydrogens is 408 g/mol. The van der Waals surface area contributed by atoms with Crippen molar-refractivity contribution in [3.8, 4) is 5.75 Å². The summed E-state index contributed by atoms with van der Waals surface area (Å²) in [5, 5.41) is 2.69. The molecule has 168 valence electrons. The third kappa shape index (κ3) is 4.74. The second-order valence-electron chi connectivity index (χ2n) is 8.18. The first kappa shape index (κ1) is 21.8. The normalized spacial score (nSPS) is 20.9. The van der Waals surface area contributed by atoms with E-state index in [1.165, 1.54) is 4.90 Å². The number of piperidine rings is 1. The van der Waals surface area contributed by atoms with Gasteiger partial charge in [0.25, 0.3) is 5.91 Å². The van der Waals surface area contributed by atoms with Gasteiger partial charge in [-0.1, -0.05) is 18.2 Å². The van der Waals surface area contributed by atoms with E-state index in [-0.39, 0.29) is 30.8 Å². The summed E-state index contributed by atoms with van der Waals surface area (Å²) in [5.74, 6) is 0.297. The van der Waals surface area contributed by atoms with Crippen LogP contribution < -0.4 is 10.1 Å². The van der Waals surface area contributed by atoms with Crippen LogP contribution in [0.5, 0.6) is 5.75 Å². The maximum absolute atomic E-state index is 13.1. The van der Waals surface area contributed by atoms with Gasteiger partial charge in [-0.05, 0) is 55.0 Å². The van der Waals surface area contributed by atoms with E-state index in [4.69, 9.17) is 4.74 Å². The van der Waals surface area contributed by atoms with E-state index in [9.17, 15) is 14.4 Å². The summed E-state index contributed by atoms with van der Waals surface area (Å²) in [4.78, 5) is 45.6. The predicted molar refractivity (Wildman–Crippen MR) is 118 cm³/mol. The van der Waals surface area contributed by atoms with Crippen LogP contribution in [0.1, 0.15) is 42.9 Å². The molecule has 3 heterocycles. The molecule has 0 spiro atoms. The average Bonchev–Trinajstić information content (AvgIpc) is 3.10. The molecule has 2 aromatic rings. The molecule has 0 saturated carbocycles. The summed E-state index contributed by atoms with van der Waals surface area (Å²) in [5.41, 5.74) is 2.00. The Bertz CT molecular complexity index is 964. The topological polar surface area (TPSA) is 91.8 Å². The van der Waals surface area contributed by atoms with Crippen molar-refractivity contribution >= 4 is 17.8 Å². The lowest BCUT2D eigenvalue weighted by molar-refractivity contribution is -0.138. The van der Waals surface area contributed by atoms with Gasteiger partial charge in [0, 0.05) is 25.5 Å². The van der Waals surface area contributed by atoms with Crippen molar-refractivity contribution in [2.45, 2.75) is 44.2 Å². The van der Waals surface area contributed by atoms with E-state index in [1.54, 1.807) is 19.5 Å². The van der Waals surface area contributed by atoms with Gasteiger partial charge in [-0.25, -0.2) is 4.79 Å². The van der Waals surface area contributed by atoms with E-state index in [0.717, 1.165) is 36.1 Å². The predicted octanol–water partition coefficient (Wildman–Crippen LogP) is 2.70. The number of rotatable bonds is 7. The molecule has 1 aromatic heterocycles. The molecule has 0 radical (unpaired) electrons. The van der Waals surface area contributed by atoms with Gasteiger partial charge < -0.3 is 15.0 Å². The number of aromatic nitrogens is 1. The number of nitrogens with zero attached hydrogens (tertiary/aromatic N) is 3. The first-order chi connectivity index (χ1) is 15.6. The minimum Gasteiger partial charge on any atom is -0.497 e. The highest BCUT2D eigenvalue weighted by molar-refractivity contribution is 6.05. The van der Waals surface area contributed by atoms with Gasteiger partial charge in [-0.2, -0.15) is 0 Å². The number of amides is 4. The lowest BCUT2D eigenvalue weighted by Crippen LogP contribution is -2.43. The Morgan fingerprint density at radius 3 is 2.72 bits per heavy atom. The minimum absolute atomic E-state index is 0.0274. The van der Waals surface area contributed by atoms with Crippen LogP contribution >= 0.6 is 0 Å². The number of benzene rings is 1. The minimum atomic E-state index is -0.817. The van der Waals surface area contributed by atoms with Gasteiger partial charge in [0.1, 0.15) is 11.8 Å². The lowest BCUT2D eigenvalue weighted by atomic mass is 9.95. The van der Waals surface area contributed by atoms with E-state index in [1.807, 2.05) is 41.3 Å². The van der Waals surface area contributed by atoms with Crippen LogP contribution in [0.4, 0.5) is 4.79 Å². The summed E-state index contributed by atoms with van der Waals surface area (Å²) in [7, 11) is 1.60. The average molecular weight is 437 g/mol. The number of urea groups is 1. The second kappa shape index (κ2) is 9.80. The van der Waals surface area contributed by atoms with Crippen LogP contribution in [0.25, 0.3) is 0 Å². The quantitative estimate of drug-likeness (QED) is 0.674. The Hall–Kier alpha value is -3.42. The summed E-state index contributed by atoms with van der Waals surface area (Å²) >= 11 is 0. The van der Waals surface area contributed by atoms with Gasteiger partial charge in [-0.3, -0.25) is 19.5 Å². The highest BCUT2D eigenvalue weighted by Gasteiger charge is 2.40. The van der Waals surface area contributed by atoms with Crippen molar-refractivity contribution in [1.82, 2.24) is 20.1 Å². The third-order valence-corrected chi connectivity index (χ3v) is 6.16. The van der Waals surface area contributed by atoms with Crippen molar-refractivity contribution in [3.63, 3.8) is 0 Å². The zero-order chi connectivity index (χ0) is 22.5. The fourth-order valence-electron chi connectivity index (χ4n) is 4.40. The van der Waals surface area contributed by atoms with Gasteiger partial charge in [0.15, 0.2) is 0 Å². The number of ether oxygens (including phenoxy) is 1. The van der Waals surface area contributed by atoms with Crippen LogP contribution in [-0.4, -0.2) is 58.9 Å². The summed E-state index contributed by atoms with van der Waals surface area (Å²) < 4.78 is 5.15. The first-order valence-corrected chi connectivity index (χ1v) is 11.0. The smallest absolute Gasteiger partial charge is 0.324 e. The molecule has 4 rings (SSSR count). The van der Waals surface area contributed by atoms with Crippen molar-refractivity contribution < 1.29 is 19.1 Å². The van der Waals surface area contributed by atoms with Crippen molar-refractivity contribution in [2.75, 3.05) is 20.2 Å². The van der Waals surface area contributed by atoms with Crippen LogP contribution in [0.15, 0.2) is 48.8 Å². The maximum atomic E-state index is 13.1. The monoisotopic (exact) mass is 436 g/mol. The Morgan fingerprint density at radius 1 is 1.19 bits per heavy atom. The van der Waals surface area contributed by atoms with Gasteiger partial charge >= 0.3 is 6.03 Å². The van der Waals surface area contributed by atoms with Crippen LogP contribution in [0, 0.1) is 0 Å². The molecule has 0 aliphatic carbocycles. The number of hydrogen-bond acceptors (Lipinski definition) is 5. The van der Waals surface area contributed by atoms with Crippen LogP contribution in [0.2, 0.25) is 0 Å². The van der Waals surface area contributed by atoms with Gasteiger partial charge in [-0.15, -0.1) is 0 Å². The lowest BCUT2D eigenvalue weighted by Gasteiger charge is -2.36. The molecule has 8 nitrogen and oxygen atoms in total. The SMILES string of the molecule is COc1ccc(CCN2C(=O)N[C@H](CC(=O)N3CCCC[C@H]3c3cccnc3)C2=O)cc1. The summed E-state index contributed by atoms with van der Waals surface area (Å²) in [6.07, 6.45) is 6.87. The number of nitrogens with one attached hydrogen (secondary N) is 1. The largest absolute Gasteiger partial charge is 0.497 e. The van der Waals surface area contributed by atoms with Crippen molar-refractivity contribution in [2.24, 2.45) is 0 Å². The Labute approximate surface area is 187 Å². The highest BCUT2D eigenvalue weighted by atomic mass is 16.5. The molecule has 2 fully saturated rings. The Kier molecular flexibility index (Phi) is 6.68. The number of carbonyl (C=O) groups excluding carboxylic acids is 3. The summed E-state index contributed by atoms with van der Waals surface area (Å²) in [6, 6.07) is 10.1. The first-order valence-electron chi connectivity index (χ1n) is 11.0. The van der Waals surface area contributed by atoms with E-state index < -0.39 is 12.1 Å².